The second-order valence-corrected chi connectivity index (χ2v) is 6.95. The average molecular weight is 326 g/mol. The van der Waals surface area contributed by atoms with E-state index in [9.17, 15) is 4.39 Å². The van der Waals surface area contributed by atoms with Gasteiger partial charge in [-0.1, -0.05) is 18.6 Å². The molecule has 0 saturated heterocycles. The highest BCUT2D eigenvalue weighted by molar-refractivity contribution is 9.10. The van der Waals surface area contributed by atoms with Crippen molar-refractivity contribution in [3.05, 3.63) is 34.1 Å². The fourth-order valence-corrected chi connectivity index (χ4v) is 4.70. The van der Waals surface area contributed by atoms with Crippen molar-refractivity contribution in [1.82, 2.24) is 5.32 Å². The quantitative estimate of drug-likeness (QED) is 0.847. The van der Waals surface area contributed by atoms with Crippen molar-refractivity contribution in [2.75, 3.05) is 7.05 Å². The Hall–Kier alpha value is -0.410. The first kappa shape index (κ1) is 13.6. The third-order valence-electron chi connectivity index (χ3n) is 5.13. The van der Waals surface area contributed by atoms with Gasteiger partial charge in [-0.2, -0.15) is 0 Å². The summed E-state index contributed by atoms with van der Waals surface area (Å²) < 4.78 is 14.3. The van der Waals surface area contributed by atoms with Gasteiger partial charge in [0.1, 0.15) is 5.82 Å². The molecule has 0 radical (unpaired) electrons. The molecule has 19 heavy (non-hydrogen) atoms. The molecule has 2 saturated carbocycles. The molecule has 0 aromatic heterocycles. The van der Waals surface area contributed by atoms with Crippen molar-refractivity contribution in [1.29, 1.82) is 0 Å². The molecule has 4 atom stereocenters. The summed E-state index contributed by atoms with van der Waals surface area (Å²) in [5.74, 6) is 2.56. The van der Waals surface area contributed by atoms with Gasteiger partial charge < -0.3 is 5.32 Å². The van der Waals surface area contributed by atoms with Crippen LogP contribution in [0.5, 0.6) is 0 Å². The maximum atomic E-state index is 13.7. The number of halogens is 2. The van der Waals surface area contributed by atoms with Crippen molar-refractivity contribution in [3.63, 3.8) is 0 Å². The Balaban J connectivity index is 1.75. The van der Waals surface area contributed by atoms with Crippen LogP contribution in [-0.4, -0.2) is 7.05 Å². The highest BCUT2D eigenvalue weighted by atomic mass is 79.9. The number of hydrogen-bond donors (Lipinski definition) is 1. The molecular formula is C16H21BrFN. The minimum atomic E-state index is -0.161. The van der Waals surface area contributed by atoms with Gasteiger partial charge >= 0.3 is 0 Å². The third kappa shape index (κ3) is 2.59. The molecular weight excluding hydrogens is 305 g/mol. The Morgan fingerprint density at radius 1 is 1.37 bits per heavy atom. The van der Waals surface area contributed by atoms with Gasteiger partial charge in [-0.3, -0.25) is 0 Å². The maximum Gasteiger partial charge on any atom is 0.137 e. The first-order valence-electron chi connectivity index (χ1n) is 7.30. The van der Waals surface area contributed by atoms with Crippen LogP contribution in [-0.2, 0) is 0 Å². The minimum Gasteiger partial charge on any atom is -0.313 e. The van der Waals surface area contributed by atoms with Gasteiger partial charge in [0.2, 0.25) is 0 Å². The van der Waals surface area contributed by atoms with Crippen LogP contribution in [0, 0.1) is 23.6 Å². The summed E-state index contributed by atoms with van der Waals surface area (Å²) in [4.78, 5) is 0. The Morgan fingerprint density at radius 2 is 2.21 bits per heavy atom. The fraction of sp³-hybridized carbons (Fsp3) is 0.625. The molecule has 104 valence electrons. The monoisotopic (exact) mass is 325 g/mol. The molecule has 0 heterocycles. The molecule has 2 fully saturated rings. The molecule has 4 unspecified atom stereocenters. The van der Waals surface area contributed by atoms with Crippen LogP contribution in [0.15, 0.2) is 22.7 Å². The zero-order chi connectivity index (χ0) is 13.4. The van der Waals surface area contributed by atoms with E-state index in [4.69, 9.17) is 0 Å². The molecule has 1 aromatic carbocycles. The van der Waals surface area contributed by atoms with Gasteiger partial charge in [0.15, 0.2) is 0 Å². The van der Waals surface area contributed by atoms with E-state index in [0.29, 0.717) is 4.47 Å². The second kappa shape index (κ2) is 5.53. The molecule has 1 nitrogen and oxygen atoms in total. The number of nitrogens with one attached hydrogen (secondary N) is 1. The van der Waals surface area contributed by atoms with E-state index in [1.54, 1.807) is 6.07 Å². The lowest BCUT2D eigenvalue weighted by atomic mass is 9.83. The zero-order valence-corrected chi connectivity index (χ0v) is 12.9. The molecule has 2 bridgehead atoms. The number of fused-ring (bicyclic) bond motifs is 2. The third-order valence-corrected chi connectivity index (χ3v) is 5.96. The van der Waals surface area contributed by atoms with Crippen molar-refractivity contribution in [2.24, 2.45) is 17.8 Å². The van der Waals surface area contributed by atoms with Crippen LogP contribution in [0.4, 0.5) is 4.39 Å². The van der Waals surface area contributed by atoms with Crippen LogP contribution >= 0.6 is 15.9 Å². The largest absolute Gasteiger partial charge is 0.313 e. The molecule has 2 aliphatic carbocycles. The summed E-state index contributed by atoms with van der Waals surface area (Å²) >= 11 is 3.40. The lowest BCUT2D eigenvalue weighted by Crippen LogP contribution is -2.23. The van der Waals surface area contributed by atoms with Crippen molar-refractivity contribution < 1.29 is 4.39 Å². The number of rotatable bonds is 4. The van der Waals surface area contributed by atoms with Gasteiger partial charge in [0.05, 0.1) is 4.47 Å². The normalized spacial score (nSPS) is 30.8. The lowest BCUT2D eigenvalue weighted by Gasteiger charge is -2.27. The SMILES string of the molecule is CNC(CC1CC2CCC1C2)c1cccc(F)c1Br. The summed E-state index contributed by atoms with van der Waals surface area (Å²) in [5, 5.41) is 3.38. The zero-order valence-electron chi connectivity index (χ0n) is 11.3. The molecule has 1 N–H and O–H groups in total. The topological polar surface area (TPSA) is 12.0 Å². The number of benzene rings is 1. The van der Waals surface area contributed by atoms with Crippen LogP contribution in [0.25, 0.3) is 0 Å². The molecule has 3 heteroatoms. The predicted octanol–water partition coefficient (Wildman–Crippen LogP) is 4.68. The van der Waals surface area contributed by atoms with E-state index in [2.05, 4.69) is 21.2 Å². The first-order chi connectivity index (χ1) is 9.19. The van der Waals surface area contributed by atoms with E-state index < -0.39 is 0 Å². The summed E-state index contributed by atoms with van der Waals surface area (Å²) in [7, 11) is 1.98. The molecule has 1 aromatic rings. The Morgan fingerprint density at radius 3 is 2.84 bits per heavy atom. The van der Waals surface area contributed by atoms with Crippen molar-refractivity contribution in [3.8, 4) is 0 Å². The van der Waals surface area contributed by atoms with Crippen LogP contribution < -0.4 is 5.32 Å². The summed E-state index contributed by atoms with van der Waals surface area (Å²) in [6, 6.07) is 5.61. The summed E-state index contributed by atoms with van der Waals surface area (Å²) in [6.07, 6.45) is 6.81. The van der Waals surface area contributed by atoms with E-state index in [0.717, 1.165) is 29.7 Å². The van der Waals surface area contributed by atoms with E-state index >= 15 is 0 Å². The Labute approximate surface area is 123 Å². The molecule has 0 spiro atoms. The standard InChI is InChI=1S/C16H21BrFN/c1-19-15(13-3-2-4-14(18)16(13)17)9-12-8-10-5-6-11(12)7-10/h2-4,10-12,15,19H,5-9H2,1H3. The number of hydrogen-bond acceptors (Lipinski definition) is 1. The highest BCUT2D eigenvalue weighted by Gasteiger charge is 2.40. The van der Waals surface area contributed by atoms with Gasteiger partial charge in [-0.05, 0) is 78.0 Å². The summed E-state index contributed by atoms with van der Waals surface area (Å²) in [6.45, 7) is 0. The van der Waals surface area contributed by atoms with Crippen molar-refractivity contribution in [2.45, 2.75) is 38.1 Å². The average Bonchev–Trinajstić information content (AvgIpc) is 3.02. The lowest BCUT2D eigenvalue weighted by molar-refractivity contribution is 0.283. The maximum absolute atomic E-state index is 13.7. The summed E-state index contributed by atoms with van der Waals surface area (Å²) in [5.41, 5.74) is 1.06. The van der Waals surface area contributed by atoms with Gasteiger partial charge in [0, 0.05) is 6.04 Å². The van der Waals surface area contributed by atoms with Gasteiger partial charge in [-0.15, -0.1) is 0 Å². The molecule has 0 amide bonds. The van der Waals surface area contributed by atoms with E-state index in [1.165, 1.54) is 31.7 Å². The molecule has 3 rings (SSSR count). The van der Waals surface area contributed by atoms with Crippen LogP contribution in [0.2, 0.25) is 0 Å². The predicted molar refractivity (Wildman–Crippen MR) is 79.5 cm³/mol. The fourth-order valence-electron chi connectivity index (χ4n) is 4.16. The smallest absolute Gasteiger partial charge is 0.137 e. The second-order valence-electron chi connectivity index (χ2n) is 6.15. The van der Waals surface area contributed by atoms with Crippen molar-refractivity contribution >= 4 is 15.9 Å². The van der Waals surface area contributed by atoms with E-state index in [-0.39, 0.29) is 11.9 Å². The van der Waals surface area contributed by atoms with Gasteiger partial charge in [0.25, 0.3) is 0 Å². The van der Waals surface area contributed by atoms with Crippen LogP contribution in [0.1, 0.15) is 43.7 Å². The molecule has 0 aliphatic heterocycles. The van der Waals surface area contributed by atoms with Gasteiger partial charge in [-0.25, -0.2) is 4.39 Å². The Bertz CT molecular complexity index is 462. The molecule has 2 aliphatic rings. The minimum absolute atomic E-state index is 0.161. The van der Waals surface area contributed by atoms with E-state index in [1.807, 2.05) is 13.1 Å². The van der Waals surface area contributed by atoms with Crippen LogP contribution in [0.3, 0.4) is 0 Å². The Kier molecular flexibility index (Phi) is 3.95. The first-order valence-corrected chi connectivity index (χ1v) is 8.09. The highest BCUT2D eigenvalue weighted by Crippen LogP contribution is 2.51.